The van der Waals surface area contributed by atoms with Gasteiger partial charge in [0.1, 0.15) is 11.6 Å². The molecular weight excluding hydrogens is 528 g/mol. The summed E-state index contributed by atoms with van der Waals surface area (Å²) in [6.45, 7) is 1.63. The van der Waals surface area contributed by atoms with Gasteiger partial charge in [-0.05, 0) is 41.7 Å². The van der Waals surface area contributed by atoms with E-state index in [2.05, 4.69) is 10.6 Å². The van der Waals surface area contributed by atoms with Crippen LogP contribution in [0.4, 0.5) is 8.78 Å². The zero-order valence-corrected chi connectivity index (χ0v) is 22.7. The average molecular weight is 564 g/mol. The molecule has 0 aliphatic carbocycles. The van der Waals surface area contributed by atoms with Gasteiger partial charge >= 0.3 is 0 Å². The molecule has 2 heterocycles. The molecule has 9 heteroatoms. The Morgan fingerprint density at radius 3 is 2.34 bits per heavy atom. The number of carbonyl (C=O) groups excluding carboxylic acids is 2. The van der Waals surface area contributed by atoms with Crippen LogP contribution in [0.25, 0.3) is 0 Å². The Morgan fingerprint density at radius 2 is 1.66 bits per heavy atom. The van der Waals surface area contributed by atoms with Crippen LogP contribution in [0.5, 0.6) is 0 Å². The maximum atomic E-state index is 14.0. The summed E-state index contributed by atoms with van der Waals surface area (Å²) in [6, 6.07) is 21.3. The van der Waals surface area contributed by atoms with Crippen LogP contribution in [0.15, 0.2) is 78.9 Å². The second kappa shape index (κ2) is 13.3. The number of halogens is 2. The normalized spacial score (nSPS) is 22.1. The van der Waals surface area contributed by atoms with E-state index in [4.69, 9.17) is 4.74 Å². The first-order valence-corrected chi connectivity index (χ1v) is 14.0. The lowest BCUT2D eigenvalue weighted by atomic mass is 9.94. The third kappa shape index (κ3) is 7.75. The summed E-state index contributed by atoms with van der Waals surface area (Å²) < 4.78 is 34.0. The Kier molecular flexibility index (Phi) is 9.38. The average Bonchev–Trinajstić information content (AvgIpc) is 3.58. The second-order valence-electron chi connectivity index (χ2n) is 10.9. The SMILES string of the molecule is O=C(N[C@@H](Cc1cc(F)cc(F)c1)[C@H](O)[C@H]1C[C@@H](OCc2ccccc2)CN1)C1CC(=O)N(Cc2ccccc2)C1. The third-order valence-electron chi connectivity index (χ3n) is 7.78. The Bertz CT molecular complexity index is 1310. The van der Waals surface area contributed by atoms with Gasteiger partial charge in [-0.15, -0.1) is 0 Å². The standard InChI is InChI=1S/C32H35F2N3O4/c33-25-11-23(12-26(34)15-25)13-29(31(39)28-16-27(17-35-28)41-20-22-9-5-2-6-10-22)36-32(40)24-14-30(38)37(19-24)18-21-7-3-1-4-8-21/h1-12,15,24,27-29,31,35,39H,13-14,16-20H2,(H,36,40)/t24?,27-,28-,29+,31-/m1/s1. The Morgan fingerprint density at radius 1 is 1.00 bits per heavy atom. The predicted molar refractivity (Wildman–Crippen MR) is 149 cm³/mol. The molecule has 41 heavy (non-hydrogen) atoms. The lowest BCUT2D eigenvalue weighted by Crippen LogP contribution is -2.53. The van der Waals surface area contributed by atoms with E-state index < -0.39 is 35.7 Å². The monoisotopic (exact) mass is 563 g/mol. The summed E-state index contributed by atoms with van der Waals surface area (Å²) >= 11 is 0. The van der Waals surface area contributed by atoms with Gasteiger partial charge in [0.05, 0.1) is 30.8 Å². The number of benzene rings is 3. The van der Waals surface area contributed by atoms with Crippen molar-refractivity contribution in [3.63, 3.8) is 0 Å². The van der Waals surface area contributed by atoms with Crippen LogP contribution >= 0.6 is 0 Å². The zero-order chi connectivity index (χ0) is 28.8. The lowest BCUT2D eigenvalue weighted by molar-refractivity contribution is -0.129. The largest absolute Gasteiger partial charge is 0.389 e. The number of nitrogens with zero attached hydrogens (tertiary/aromatic N) is 1. The first-order valence-electron chi connectivity index (χ1n) is 14.0. The summed E-state index contributed by atoms with van der Waals surface area (Å²) in [5, 5.41) is 17.6. The maximum Gasteiger partial charge on any atom is 0.225 e. The van der Waals surface area contributed by atoms with Crippen LogP contribution in [0.1, 0.15) is 29.5 Å². The minimum absolute atomic E-state index is 0.0176. The molecule has 0 radical (unpaired) electrons. The highest BCUT2D eigenvalue weighted by Gasteiger charge is 2.39. The predicted octanol–water partition coefficient (Wildman–Crippen LogP) is 3.35. The van der Waals surface area contributed by atoms with Gasteiger partial charge in [-0.3, -0.25) is 9.59 Å². The van der Waals surface area contributed by atoms with Gasteiger partial charge < -0.3 is 25.4 Å². The second-order valence-corrected chi connectivity index (χ2v) is 10.9. The third-order valence-corrected chi connectivity index (χ3v) is 7.78. The van der Waals surface area contributed by atoms with Gasteiger partial charge in [-0.2, -0.15) is 0 Å². The number of carbonyl (C=O) groups is 2. The number of ether oxygens (including phenoxy) is 1. The molecule has 5 rings (SSSR count). The molecule has 2 fully saturated rings. The van der Waals surface area contributed by atoms with Crippen molar-refractivity contribution in [3.05, 3.63) is 107 Å². The van der Waals surface area contributed by atoms with Gasteiger partial charge in [0.15, 0.2) is 0 Å². The van der Waals surface area contributed by atoms with E-state index >= 15 is 0 Å². The van der Waals surface area contributed by atoms with Crippen LogP contribution in [-0.2, 0) is 33.9 Å². The fraction of sp³-hybridized carbons (Fsp3) is 0.375. The first kappa shape index (κ1) is 28.9. The maximum absolute atomic E-state index is 14.0. The zero-order valence-electron chi connectivity index (χ0n) is 22.7. The Labute approximate surface area is 238 Å². The van der Waals surface area contributed by atoms with E-state index in [-0.39, 0.29) is 37.3 Å². The topological polar surface area (TPSA) is 90.9 Å². The summed E-state index contributed by atoms with van der Waals surface area (Å²) in [4.78, 5) is 27.7. The van der Waals surface area contributed by atoms with Gasteiger partial charge in [0, 0.05) is 38.2 Å². The number of amides is 2. The van der Waals surface area contributed by atoms with Crippen molar-refractivity contribution < 1.29 is 28.2 Å². The molecular formula is C32H35F2N3O4. The molecule has 0 spiro atoms. The van der Waals surface area contributed by atoms with E-state index in [1.165, 1.54) is 12.1 Å². The van der Waals surface area contributed by atoms with Gasteiger partial charge in [-0.1, -0.05) is 60.7 Å². The molecule has 2 saturated heterocycles. The highest BCUT2D eigenvalue weighted by Crippen LogP contribution is 2.23. The number of likely N-dealkylation sites (tertiary alicyclic amines) is 1. The van der Waals surface area contributed by atoms with Crippen molar-refractivity contribution in [1.82, 2.24) is 15.5 Å². The molecule has 7 nitrogen and oxygen atoms in total. The minimum atomic E-state index is -1.06. The molecule has 3 N–H and O–H groups in total. The van der Waals surface area contributed by atoms with Gasteiger partial charge in [0.2, 0.25) is 11.8 Å². The van der Waals surface area contributed by atoms with Crippen molar-refractivity contribution in [2.24, 2.45) is 5.92 Å². The first-order chi connectivity index (χ1) is 19.8. The number of aliphatic hydroxyl groups is 1. The molecule has 2 aliphatic rings. The number of nitrogens with one attached hydrogen (secondary N) is 2. The highest BCUT2D eigenvalue weighted by atomic mass is 19.1. The minimum Gasteiger partial charge on any atom is -0.389 e. The quantitative estimate of drug-likeness (QED) is 0.333. The molecule has 0 bridgehead atoms. The van der Waals surface area contributed by atoms with Crippen molar-refractivity contribution >= 4 is 11.8 Å². The molecule has 216 valence electrons. The van der Waals surface area contributed by atoms with Gasteiger partial charge in [0.25, 0.3) is 0 Å². The molecule has 5 atom stereocenters. The number of hydrogen-bond donors (Lipinski definition) is 3. The highest BCUT2D eigenvalue weighted by molar-refractivity contribution is 5.89. The van der Waals surface area contributed by atoms with Crippen molar-refractivity contribution in [1.29, 1.82) is 0 Å². The van der Waals surface area contributed by atoms with Gasteiger partial charge in [-0.25, -0.2) is 8.78 Å². The van der Waals surface area contributed by atoms with Crippen LogP contribution in [0.2, 0.25) is 0 Å². The Balaban J connectivity index is 1.24. The summed E-state index contributed by atoms with van der Waals surface area (Å²) in [6.07, 6.45) is -0.619. The molecule has 0 saturated carbocycles. The molecule has 3 aromatic rings. The number of rotatable bonds is 11. The van der Waals surface area contributed by atoms with E-state index in [0.29, 0.717) is 31.7 Å². The fourth-order valence-electron chi connectivity index (χ4n) is 5.63. The lowest BCUT2D eigenvalue weighted by Gasteiger charge is -2.29. The van der Waals surface area contributed by atoms with Crippen molar-refractivity contribution in [2.75, 3.05) is 13.1 Å². The van der Waals surface area contributed by atoms with E-state index in [0.717, 1.165) is 17.2 Å². The smallest absolute Gasteiger partial charge is 0.225 e. The van der Waals surface area contributed by atoms with Crippen molar-refractivity contribution in [3.8, 4) is 0 Å². The summed E-state index contributed by atoms with van der Waals surface area (Å²) in [5.74, 6) is -2.54. The number of aliphatic hydroxyl groups excluding tert-OH is 1. The summed E-state index contributed by atoms with van der Waals surface area (Å²) in [7, 11) is 0. The van der Waals surface area contributed by atoms with Crippen LogP contribution in [0, 0.1) is 17.6 Å². The van der Waals surface area contributed by atoms with E-state index in [1.54, 1.807) is 4.90 Å². The van der Waals surface area contributed by atoms with E-state index in [1.807, 2.05) is 60.7 Å². The Hall–Kier alpha value is -3.66. The summed E-state index contributed by atoms with van der Waals surface area (Å²) in [5.41, 5.74) is 2.33. The van der Waals surface area contributed by atoms with Crippen molar-refractivity contribution in [2.45, 2.75) is 56.7 Å². The molecule has 0 aromatic heterocycles. The fourth-order valence-corrected chi connectivity index (χ4v) is 5.63. The molecule has 3 aromatic carbocycles. The van der Waals surface area contributed by atoms with Crippen LogP contribution in [0.3, 0.4) is 0 Å². The molecule has 2 aliphatic heterocycles. The van der Waals surface area contributed by atoms with Crippen LogP contribution < -0.4 is 10.6 Å². The van der Waals surface area contributed by atoms with E-state index in [9.17, 15) is 23.5 Å². The molecule has 2 amide bonds. The number of hydrogen-bond acceptors (Lipinski definition) is 5. The molecule has 1 unspecified atom stereocenters. The van der Waals surface area contributed by atoms with Crippen LogP contribution in [-0.4, -0.2) is 59.2 Å².